The molecule has 0 spiro atoms. The molecule has 0 aromatic heterocycles. The number of phenols is 2. The van der Waals surface area contributed by atoms with E-state index in [1.165, 1.54) is 26.0 Å². The van der Waals surface area contributed by atoms with Gasteiger partial charge in [0.05, 0.1) is 0 Å². The fourth-order valence-corrected chi connectivity index (χ4v) is 4.22. The molecule has 0 saturated carbocycles. The van der Waals surface area contributed by atoms with Crippen molar-refractivity contribution < 1.29 is 20.1 Å². The molecule has 28 heavy (non-hydrogen) atoms. The molecule has 1 heterocycles. The zero-order valence-corrected chi connectivity index (χ0v) is 15.4. The fourth-order valence-electron chi connectivity index (χ4n) is 4.22. The van der Waals surface area contributed by atoms with Crippen LogP contribution in [0.5, 0.6) is 11.5 Å². The molecule has 3 rings (SSSR count). The van der Waals surface area contributed by atoms with Crippen LogP contribution in [0.4, 0.5) is 0 Å². The molecule has 0 bridgehead atoms. The summed E-state index contributed by atoms with van der Waals surface area (Å²) in [4.78, 5) is 22.8. The maximum absolute atomic E-state index is 12.0. The summed E-state index contributed by atoms with van der Waals surface area (Å²) in [5, 5.41) is 47.4. The molecule has 0 radical (unpaired) electrons. The lowest BCUT2D eigenvalue weighted by Crippen LogP contribution is -2.63. The molecular weight excluding hydrogens is 366 g/mol. The van der Waals surface area contributed by atoms with Crippen LogP contribution in [0.25, 0.3) is 0 Å². The minimum absolute atomic E-state index is 0.141. The first-order chi connectivity index (χ1) is 13.2. The van der Waals surface area contributed by atoms with Gasteiger partial charge < -0.3 is 10.2 Å². The number of nitro groups is 2. The largest absolute Gasteiger partial charge is 0.508 e. The Balaban J connectivity index is 2.21. The van der Waals surface area contributed by atoms with Gasteiger partial charge in [0, 0.05) is 21.0 Å². The van der Waals surface area contributed by atoms with Crippen LogP contribution < -0.4 is 5.32 Å². The Morgan fingerprint density at radius 1 is 0.821 bits per heavy atom. The van der Waals surface area contributed by atoms with Gasteiger partial charge in [-0.1, -0.05) is 36.4 Å². The summed E-state index contributed by atoms with van der Waals surface area (Å²) in [7, 11) is 0. The SMILES string of the molecule is CC1(C)[C@H]([N+](=O)[O-])[C@H](c2ccccc2O)N[C@@H](c2ccccc2O)[C@H]1[N+](=O)[O-]. The molecule has 9 nitrogen and oxygen atoms in total. The monoisotopic (exact) mass is 387 g/mol. The molecule has 1 aliphatic heterocycles. The topological polar surface area (TPSA) is 139 Å². The molecular formula is C19H21N3O6. The number of benzene rings is 2. The molecule has 0 aliphatic carbocycles. The number of piperidine rings is 1. The predicted octanol–water partition coefficient (Wildman–Crippen LogP) is 2.80. The standard InChI is InChI=1S/C19H21N3O6/c1-19(2)17(21(25)26)15(11-7-3-5-9-13(11)23)20-16(18(19)22(27)28)12-8-4-6-10-14(12)24/h3-10,15-18,20,23-24H,1-2H3/t15-,16-,17+,18+/m0/s1. The molecule has 1 saturated heterocycles. The van der Waals surface area contributed by atoms with Crippen LogP contribution in [0.1, 0.15) is 37.1 Å². The third-order valence-corrected chi connectivity index (χ3v) is 5.51. The number of rotatable bonds is 4. The summed E-state index contributed by atoms with van der Waals surface area (Å²) >= 11 is 0. The van der Waals surface area contributed by atoms with Gasteiger partial charge in [0.1, 0.15) is 29.0 Å². The molecule has 9 heteroatoms. The van der Waals surface area contributed by atoms with Crippen molar-refractivity contribution in [3.63, 3.8) is 0 Å². The van der Waals surface area contributed by atoms with Crippen LogP contribution in [-0.4, -0.2) is 32.1 Å². The minimum atomic E-state index is -1.39. The second-order valence-electron chi connectivity index (χ2n) is 7.52. The highest BCUT2D eigenvalue weighted by Gasteiger charge is 2.63. The third kappa shape index (κ3) is 3.13. The van der Waals surface area contributed by atoms with E-state index in [0.717, 1.165) is 0 Å². The van der Waals surface area contributed by atoms with Crippen LogP contribution in [-0.2, 0) is 0 Å². The molecule has 148 valence electrons. The van der Waals surface area contributed by atoms with E-state index in [0.29, 0.717) is 0 Å². The molecule has 0 amide bonds. The number of aromatic hydroxyl groups is 2. The van der Waals surface area contributed by atoms with Gasteiger partial charge in [0.15, 0.2) is 0 Å². The van der Waals surface area contributed by atoms with Crippen molar-refractivity contribution in [2.45, 2.75) is 38.0 Å². The lowest BCUT2D eigenvalue weighted by Gasteiger charge is -2.44. The Morgan fingerprint density at radius 2 is 1.18 bits per heavy atom. The van der Waals surface area contributed by atoms with E-state index in [-0.39, 0.29) is 22.6 Å². The van der Waals surface area contributed by atoms with E-state index < -0.39 is 39.4 Å². The van der Waals surface area contributed by atoms with E-state index in [9.17, 15) is 30.4 Å². The second-order valence-corrected chi connectivity index (χ2v) is 7.52. The van der Waals surface area contributed by atoms with Gasteiger partial charge >= 0.3 is 0 Å². The fraction of sp³-hybridized carbons (Fsp3) is 0.368. The Kier molecular flexibility index (Phi) is 4.95. The number of para-hydroxylation sites is 2. The van der Waals surface area contributed by atoms with Crippen LogP contribution in [0.2, 0.25) is 0 Å². The quantitative estimate of drug-likeness (QED) is 0.541. The molecule has 4 atom stereocenters. The second kappa shape index (κ2) is 7.08. The Labute approximate surface area is 160 Å². The van der Waals surface area contributed by atoms with Gasteiger partial charge in [0.2, 0.25) is 12.1 Å². The van der Waals surface area contributed by atoms with Crippen LogP contribution in [0.15, 0.2) is 48.5 Å². The lowest BCUT2D eigenvalue weighted by atomic mass is 9.66. The van der Waals surface area contributed by atoms with Crippen LogP contribution >= 0.6 is 0 Å². The number of hydrogen-bond donors (Lipinski definition) is 3. The maximum atomic E-state index is 12.0. The first-order valence-electron chi connectivity index (χ1n) is 8.75. The van der Waals surface area contributed by atoms with Crippen molar-refractivity contribution in [3.05, 3.63) is 79.9 Å². The minimum Gasteiger partial charge on any atom is -0.508 e. The van der Waals surface area contributed by atoms with Crippen molar-refractivity contribution in [2.75, 3.05) is 0 Å². The van der Waals surface area contributed by atoms with Crippen LogP contribution in [0, 0.1) is 25.6 Å². The first kappa shape index (κ1) is 19.6. The smallest absolute Gasteiger partial charge is 0.244 e. The normalized spacial score (nSPS) is 26.5. The number of hydrogen-bond acceptors (Lipinski definition) is 7. The van der Waals surface area contributed by atoms with Crippen LogP contribution in [0.3, 0.4) is 0 Å². The number of nitrogens with one attached hydrogen (secondary N) is 1. The average molecular weight is 387 g/mol. The third-order valence-electron chi connectivity index (χ3n) is 5.51. The van der Waals surface area contributed by atoms with Crippen molar-refractivity contribution >= 4 is 0 Å². The Hall–Kier alpha value is -3.20. The van der Waals surface area contributed by atoms with E-state index in [1.807, 2.05) is 0 Å². The summed E-state index contributed by atoms with van der Waals surface area (Å²) in [6, 6.07) is 7.64. The molecule has 1 aliphatic rings. The van der Waals surface area contributed by atoms with Crippen molar-refractivity contribution in [1.29, 1.82) is 0 Å². The first-order valence-corrected chi connectivity index (χ1v) is 8.75. The highest BCUT2D eigenvalue weighted by Crippen LogP contribution is 2.49. The zero-order valence-electron chi connectivity index (χ0n) is 15.4. The van der Waals surface area contributed by atoms with Gasteiger partial charge in [-0.05, 0) is 26.0 Å². The molecule has 0 unspecified atom stereocenters. The average Bonchev–Trinajstić information content (AvgIpc) is 2.60. The van der Waals surface area contributed by atoms with Gasteiger partial charge in [0.25, 0.3) is 0 Å². The predicted molar refractivity (Wildman–Crippen MR) is 100 cm³/mol. The summed E-state index contributed by atoms with van der Waals surface area (Å²) in [5.74, 6) is -0.281. The van der Waals surface area contributed by atoms with Gasteiger partial charge in [-0.25, -0.2) is 0 Å². The highest BCUT2D eigenvalue weighted by atomic mass is 16.6. The van der Waals surface area contributed by atoms with Crippen molar-refractivity contribution in [1.82, 2.24) is 5.32 Å². The van der Waals surface area contributed by atoms with E-state index in [1.54, 1.807) is 36.4 Å². The number of phenolic OH excluding ortho intramolecular Hbond substituents is 2. The zero-order chi connectivity index (χ0) is 20.6. The van der Waals surface area contributed by atoms with Gasteiger partial charge in [-0.2, -0.15) is 0 Å². The summed E-state index contributed by atoms with van der Waals surface area (Å²) in [5.41, 5.74) is -0.836. The Morgan fingerprint density at radius 3 is 1.50 bits per heavy atom. The maximum Gasteiger partial charge on any atom is 0.244 e. The van der Waals surface area contributed by atoms with Crippen molar-refractivity contribution in [3.8, 4) is 11.5 Å². The Bertz CT molecular complexity index is 845. The summed E-state index contributed by atoms with van der Waals surface area (Å²) in [6.45, 7) is 2.96. The molecule has 2 aromatic carbocycles. The van der Waals surface area contributed by atoms with Crippen molar-refractivity contribution in [2.24, 2.45) is 5.41 Å². The van der Waals surface area contributed by atoms with Gasteiger partial charge in [-0.15, -0.1) is 0 Å². The molecule has 2 aromatic rings. The summed E-state index contributed by atoms with van der Waals surface area (Å²) < 4.78 is 0. The van der Waals surface area contributed by atoms with E-state index >= 15 is 0 Å². The molecule has 1 fully saturated rings. The summed E-state index contributed by atoms with van der Waals surface area (Å²) in [6.07, 6.45) is 0. The lowest BCUT2D eigenvalue weighted by molar-refractivity contribution is -0.605. The number of nitrogens with zero attached hydrogens (tertiary/aromatic N) is 2. The van der Waals surface area contributed by atoms with E-state index in [4.69, 9.17) is 0 Å². The highest BCUT2D eigenvalue weighted by molar-refractivity contribution is 5.40. The van der Waals surface area contributed by atoms with E-state index in [2.05, 4.69) is 5.32 Å². The van der Waals surface area contributed by atoms with Gasteiger partial charge in [-0.3, -0.25) is 25.5 Å². The molecule has 3 N–H and O–H groups in total.